The topological polar surface area (TPSA) is 89.2 Å². The van der Waals surface area contributed by atoms with E-state index >= 15 is 0 Å². The molecule has 31 heavy (non-hydrogen) atoms. The van der Waals surface area contributed by atoms with Gasteiger partial charge in [-0.05, 0) is 60.7 Å². The standard InChI is InChI=1S/C21H13F2N5O2S/c22-13-5-9-15(10-6-13)24-19-17-3-1-2-4-18(17)28-20(25-19)21(26-27-28)31(29,30)16-11-7-14(23)8-12-16/h1-12H,(H,24,25). The number of sulfone groups is 1. The van der Waals surface area contributed by atoms with Crippen molar-refractivity contribution in [3.63, 3.8) is 0 Å². The van der Waals surface area contributed by atoms with Gasteiger partial charge in [0.15, 0.2) is 5.65 Å². The van der Waals surface area contributed by atoms with Crippen molar-refractivity contribution in [3.05, 3.63) is 84.4 Å². The van der Waals surface area contributed by atoms with E-state index in [-0.39, 0.29) is 21.4 Å². The minimum atomic E-state index is -4.10. The van der Waals surface area contributed by atoms with Crippen molar-refractivity contribution in [1.29, 1.82) is 0 Å². The van der Waals surface area contributed by atoms with Gasteiger partial charge >= 0.3 is 0 Å². The Morgan fingerprint density at radius 2 is 1.48 bits per heavy atom. The molecule has 0 amide bonds. The molecule has 0 saturated heterocycles. The molecular formula is C21H13F2N5O2S. The first-order valence-electron chi connectivity index (χ1n) is 9.11. The second-order valence-corrected chi connectivity index (χ2v) is 8.56. The zero-order valence-electron chi connectivity index (χ0n) is 15.7. The minimum Gasteiger partial charge on any atom is -0.340 e. The molecule has 2 heterocycles. The summed E-state index contributed by atoms with van der Waals surface area (Å²) in [5.41, 5.74) is 1.15. The lowest BCUT2D eigenvalue weighted by atomic mass is 10.2. The third-order valence-corrected chi connectivity index (χ3v) is 6.37. The molecule has 0 unspecified atom stereocenters. The van der Waals surface area contributed by atoms with Crippen LogP contribution in [-0.4, -0.2) is 28.2 Å². The summed E-state index contributed by atoms with van der Waals surface area (Å²) in [7, 11) is -4.10. The maximum atomic E-state index is 13.3. The minimum absolute atomic E-state index is 0.00707. The maximum Gasteiger partial charge on any atom is 0.229 e. The molecule has 0 radical (unpaired) electrons. The number of rotatable bonds is 4. The van der Waals surface area contributed by atoms with Crippen molar-refractivity contribution >= 4 is 37.9 Å². The van der Waals surface area contributed by atoms with Crippen LogP contribution in [0.1, 0.15) is 0 Å². The van der Waals surface area contributed by atoms with Crippen LogP contribution < -0.4 is 5.32 Å². The number of fused-ring (bicyclic) bond motifs is 3. The number of para-hydroxylation sites is 1. The van der Waals surface area contributed by atoms with Crippen LogP contribution in [-0.2, 0) is 9.84 Å². The Morgan fingerprint density at radius 1 is 0.839 bits per heavy atom. The van der Waals surface area contributed by atoms with Crippen LogP contribution >= 0.6 is 0 Å². The Hall–Kier alpha value is -3.92. The summed E-state index contributed by atoms with van der Waals surface area (Å²) in [6.07, 6.45) is 0. The number of nitrogens with one attached hydrogen (secondary N) is 1. The first-order chi connectivity index (χ1) is 14.9. The highest BCUT2D eigenvalue weighted by molar-refractivity contribution is 7.91. The molecular weight excluding hydrogens is 424 g/mol. The Bertz CT molecular complexity index is 1530. The molecule has 0 atom stereocenters. The van der Waals surface area contributed by atoms with Crippen LogP contribution in [0.3, 0.4) is 0 Å². The van der Waals surface area contributed by atoms with Crippen LogP contribution in [0.25, 0.3) is 16.6 Å². The fourth-order valence-electron chi connectivity index (χ4n) is 3.21. The Morgan fingerprint density at radius 3 is 2.19 bits per heavy atom. The normalized spacial score (nSPS) is 11.8. The van der Waals surface area contributed by atoms with Gasteiger partial charge in [-0.1, -0.05) is 17.3 Å². The van der Waals surface area contributed by atoms with Crippen molar-refractivity contribution in [2.75, 3.05) is 5.32 Å². The van der Waals surface area contributed by atoms with E-state index in [4.69, 9.17) is 0 Å². The number of halogens is 2. The lowest BCUT2D eigenvalue weighted by molar-refractivity contribution is 0.591. The third kappa shape index (κ3) is 3.26. The van der Waals surface area contributed by atoms with Crippen LogP contribution in [0, 0.1) is 11.6 Å². The largest absolute Gasteiger partial charge is 0.340 e. The van der Waals surface area contributed by atoms with Crippen LogP contribution in [0.5, 0.6) is 0 Å². The van der Waals surface area contributed by atoms with Crippen molar-refractivity contribution in [2.24, 2.45) is 0 Å². The molecule has 0 saturated carbocycles. The summed E-state index contributed by atoms with van der Waals surface area (Å²) < 4.78 is 54.1. The monoisotopic (exact) mass is 437 g/mol. The zero-order chi connectivity index (χ0) is 21.6. The van der Waals surface area contributed by atoms with Gasteiger partial charge in [0.05, 0.1) is 10.4 Å². The second kappa shape index (κ2) is 7.10. The van der Waals surface area contributed by atoms with Crippen molar-refractivity contribution in [3.8, 4) is 0 Å². The molecule has 1 N–H and O–H groups in total. The number of nitrogens with zero attached hydrogens (tertiary/aromatic N) is 4. The third-order valence-electron chi connectivity index (χ3n) is 4.71. The molecule has 0 aliphatic carbocycles. The summed E-state index contributed by atoms with van der Waals surface area (Å²) >= 11 is 0. The maximum absolute atomic E-state index is 13.3. The summed E-state index contributed by atoms with van der Waals surface area (Å²) in [6.45, 7) is 0. The molecule has 0 bridgehead atoms. The Kier molecular flexibility index (Phi) is 4.36. The molecule has 2 aromatic heterocycles. The van der Waals surface area contributed by atoms with E-state index in [2.05, 4.69) is 20.6 Å². The smallest absolute Gasteiger partial charge is 0.229 e. The summed E-state index contributed by atoms with van der Waals surface area (Å²) in [6, 6.07) is 17.3. The van der Waals surface area contributed by atoms with E-state index in [1.807, 2.05) is 0 Å². The zero-order valence-corrected chi connectivity index (χ0v) is 16.5. The number of aromatic nitrogens is 4. The number of hydrogen-bond acceptors (Lipinski definition) is 6. The first kappa shape index (κ1) is 19.1. The van der Waals surface area contributed by atoms with Gasteiger partial charge in [0.1, 0.15) is 17.5 Å². The molecule has 0 spiro atoms. The van der Waals surface area contributed by atoms with E-state index in [0.29, 0.717) is 22.4 Å². The number of benzene rings is 3. The summed E-state index contributed by atoms with van der Waals surface area (Å²) in [5, 5.41) is 11.3. The predicted molar refractivity (Wildman–Crippen MR) is 110 cm³/mol. The SMILES string of the molecule is O=S(=O)(c1ccc(F)cc1)c1nnn2c1nc(Nc1ccc(F)cc1)c1ccccc12. The quantitative estimate of drug-likeness (QED) is 0.425. The molecule has 7 nitrogen and oxygen atoms in total. The molecule has 0 aliphatic rings. The van der Waals surface area contributed by atoms with Crippen LogP contribution in [0.4, 0.5) is 20.3 Å². The highest BCUT2D eigenvalue weighted by Crippen LogP contribution is 2.29. The van der Waals surface area contributed by atoms with Gasteiger partial charge in [0, 0.05) is 11.1 Å². The van der Waals surface area contributed by atoms with Gasteiger partial charge in [0.25, 0.3) is 0 Å². The van der Waals surface area contributed by atoms with Crippen molar-refractivity contribution < 1.29 is 17.2 Å². The molecule has 154 valence electrons. The lowest BCUT2D eigenvalue weighted by Gasteiger charge is -2.10. The van der Waals surface area contributed by atoms with Gasteiger partial charge in [-0.3, -0.25) is 0 Å². The summed E-state index contributed by atoms with van der Waals surface area (Å²) in [5.74, 6) is -0.583. The molecule has 0 aliphatic heterocycles. The van der Waals surface area contributed by atoms with Gasteiger partial charge in [0.2, 0.25) is 14.9 Å². The fraction of sp³-hybridized carbons (Fsp3) is 0. The lowest BCUT2D eigenvalue weighted by Crippen LogP contribution is -2.05. The van der Waals surface area contributed by atoms with E-state index in [1.54, 1.807) is 36.4 Å². The van der Waals surface area contributed by atoms with Gasteiger partial charge in [-0.2, -0.15) is 4.52 Å². The van der Waals surface area contributed by atoms with Gasteiger partial charge in [-0.25, -0.2) is 22.2 Å². The highest BCUT2D eigenvalue weighted by Gasteiger charge is 2.27. The van der Waals surface area contributed by atoms with Crippen molar-refractivity contribution in [1.82, 2.24) is 19.8 Å². The molecule has 3 aromatic carbocycles. The van der Waals surface area contributed by atoms with E-state index in [9.17, 15) is 17.2 Å². The Labute approximate surface area is 174 Å². The van der Waals surface area contributed by atoms with Crippen LogP contribution in [0.2, 0.25) is 0 Å². The highest BCUT2D eigenvalue weighted by atomic mass is 32.2. The molecule has 5 rings (SSSR count). The van der Waals surface area contributed by atoms with Gasteiger partial charge in [-0.15, -0.1) is 5.10 Å². The number of hydrogen-bond donors (Lipinski definition) is 1. The first-order valence-corrected chi connectivity index (χ1v) is 10.6. The molecule has 10 heteroatoms. The predicted octanol–water partition coefficient (Wildman–Crippen LogP) is 4.13. The number of anilines is 2. The van der Waals surface area contributed by atoms with E-state index < -0.39 is 15.7 Å². The van der Waals surface area contributed by atoms with E-state index in [0.717, 1.165) is 24.3 Å². The van der Waals surface area contributed by atoms with Crippen LogP contribution in [0.15, 0.2) is 82.7 Å². The fourth-order valence-corrected chi connectivity index (χ4v) is 4.44. The molecule has 0 fully saturated rings. The average Bonchev–Trinajstić information content (AvgIpc) is 3.21. The molecule has 5 aromatic rings. The van der Waals surface area contributed by atoms with Gasteiger partial charge < -0.3 is 5.32 Å². The van der Waals surface area contributed by atoms with Crippen molar-refractivity contribution in [2.45, 2.75) is 9.92 Å². The average molecular weight is 437 g/mol. The van der Waals surface area contributed by atoms with E-state index in [1.165, 1.54) is 16.6 Å². The Balaban J connectivity index is 1.73. The summed E-state index contributed by atoms with van der Waals surface area (Å²) in [4.78, 5) is 4.34. The second-order valence-electron chi connectivity index (χ2n) is 6.70.